The molecule has 0 unspecified atom stereocenters. The molecule has 2 aromatic rings. The Bertz CT molecular complexity index is 600. The van der Waals surface area contributed by atoms with Gasteiger partial charge in [0.1, 0.15) is 5.75 Å². The highest BCUT2D eigenvalue weighted by atomic mass is 16.5. The van der Waals surface area contributed by atoms with Gasteiger partial charge in [0.2, 0.25) is 0 Å². The van der Waals surface area contributed by atoms with Gasteiger partial charge in [-0.1, -0.05) is 12.1 Å². The van der Waals surface area contributed by atoms with E-state index in [0.29, 0.717) is 19.1 Å². The summed E-state index contributed by atoms with van der Waals surface area (Å²) in [7, 11) is 1.70. The van der Waals surface area contributed by atoms with Crippen LogP contribution in [0.5, 0.6) is 5.75 Å². The zero-order valence-electron chi connectivity index (χ0n) is 13.6. The second-order valence-corrected chi connectivity index (χ2v) is 6.23. The van der Waals surface area contributed by atoms with Crippen molar-refractivity contribution in [3.63, 3.8) is 0 Å². The molecule has 23 heavy (non-hydrogen) atoms. The molecule has 1 aromatic heterocycles. The van der Waals surface area contributed by atoms with Crippen LogP contribution >= 0.6 is 0 Å². The number of methoxy groups -OCH3 is 1. The fourth-order valence-corrected chi connectivity index (χ4v) is 3.39. The fourth-order valence-electron chi connectivity index (χ4n) is 3.39. The second kappa shape index (κ2) is 7.62. The van der Waals surface area contributed by atoms with Crippen LogP contribution in [0.3, 0.4) is 0 Å². The van der Waals surface area contributed by atoms with Crippen LogP contribution in [0.15, 0.2) is 42.7 Å². The Morgan fingerprint density at radius 3 is 3.04 bits per heavy atom. The van der Waals surface area contributed by atoms with Crippen molar-refractivity contribution < 1.29 is 9.84 Å². The van der Waals surface area contributed by atoms with Gasteiger partial charge in [-0.25, -0.2) is 0 Å². The first-order valence-corrected chi connectivity index (χ1v) is 8.27. The minimum Gasteiger partial charge on any atom is -0.497 e. The van der Waals surface area contributed by atoms with E-state index in [1.165, 1.54) is 18.4 Å². The van der Waals surface area contributed by atoms with E-state index in [0.717, 1.165) is 18.7 Å². The third-order valence-corrected chi connectivity index (χ3v) is 4.51. The molecule has 1 fully saturated rings. The van der Waals surface area contributed by atoms with Crippen LogP contribution in [0.2, 0.25) is 0 Å². The van der Waals surface area contributed by atoms with Crippen LogP contribution in [0.4, 0.5) is 0 Å². The Hall–Kier alpha value is -1.85. The topological polar surface area (TPSA) is 50.5 Å². The van der Waals surface area contributed by atoms with Gasteiger partial charge in [-0.2, -0.15) is 5.10 Å². The molecule has 3 rings (SSSR count). The Balaban J connectivity index is 1.56. The number of aliphatic hydroxyl groups is 1. The summed E-state index contributed by atoms with van der Waals surface area (Å²) in [6, 6.07) is 10.7. The first-order chi connectivity index (χ1) is 11.2. The van der Waals surface area contributed by atoms with Gasteiger partial charge < -0.3 is 9.84 Å². The highest BCUT2D eigenvalue weighted by Crippen LogP contribution is 2.23. The van der Waals surface area contributed by atoms with Crippen molar-refractivity contribution in [3.8, 4) is 5.75 Å². The summed E-state index contributed by atoms with van der Waals surface area (Å²) in [6.07, 6.45) is 6.64. The predicted molar refractivity (Wildman–Crippen MR) is 89.5 cm³/mol. The molecule has 5 heteroatoms. The number of benzene rings is 1. The van der Waals surface area contributed by atoms with Crippen molar-refractivity contribution in [2.75, 3.05) is 20.2 Å². The van der Waals surface area contributed by atoms with E-state index in [9.17, 15) is 5.11 Å². The zero-order chi connectivity index (χ0) is 16.1. The summed E-state index contributed by atoms with van der Waals surface area (Å²) < 4.78 is 7.10. The van der Waals surface area contributed by atoms with Gasteiger partial charge in [-0.3, -0.25) is 9.58 Å². The molecular formula is C18H25N3O2. The van der Waals surface area contributed by atoms with Gasteiger partial charge in [0, 0.05) is 25.0 Å². The Labute approximate surface area is 137 Å². The number of ether oxygens (including phenoxy) is 1. The number of nitrogens with zero attached hydrogens (tertiary/aromatic N) is 3. The molecule has 2 atom stereocenters. The summed E-state index contributed by atoms with van der Waals surface area (Å²) in [6.45, 7) is 2.31. The van der Waals surface area contributed by atoms with Crippen molar-refractivity contribution in [1.29, 1.82) is 0 Å². The van der Waals surface area contributed by atoms with E-state index in [1.807, 2.05) is 24.4 Å². The minimum atomic E-state index is -0.388. The maximum Gasteiger partial charge on any atom is 0.119 e. The number of aromatic nitrogens is 2. The number of likely N-dealkylation sites (tertiary alicyclic amines) is 1. The lowest BCUT2D eigenvalue weighted by Gasteiger charge is -2.27. The third kappa shape index (κ3) is 4.33. The van der Waals surface area contributed by atoms with E-state index in [-0.39, 0.29) is 6.10 Å². The van der Waals surface area contributed by atoms with Gasteiger partial charge in [0.05, 0.1) is 19.8 Å². The molecule has 1 aromatic carbocycles. The van der Waals surface area contributed by atoms with E-state index in [4.69, 9.17) is 4.74 Å². The number of β-amino-alcohol motifs (C(OH)–C–C–N with tert-alkyl or cyclic N) is 1. The van der Waals surface area contributed by atoms with Gasteiger partial charge >= 0.3 is 0 Å². The number of aliphatic hydroxyl groups excluding tert-OH is 1. The minimum absolute atomic E-state index is 0.388. The highest BCUT2D eigenvalue weighted by molar-refractivity contribution is 5.29. The monoisotopic (exact) mass is 315 g/mol. The van der Waals surface area contributed by atoms with Crippen molar-refractivity contribution in [2.45, 2.75) is 38.0 Å². The van der Waals surface area contributed by atoms with Gasteiger partial charge in [0.15, 0.2) is 0 Å². The molecular weight excluding hydrogens is 290 g/mol. The Morgan fingerprint density at radius 2 is 2.26 bits per heavy atom. The fraction of sp³-hybridized carbons (Fsp3) is 0.500. The van der Waals surface area contributed by atoms with Gasteiger partial charge in [0.25, 0.3) is 0 Å². The molecule has 0 saturated carbocycles. The molecule has 0 amide bonds. The van der Waals surface area contributed by atoms with E-state index in [1.54, 1.807) is 18.0 Å². The average Bonchev–Trinajstić information content (AvgIpc) is 3.20. The third-order valence-electron chi connectivity index (χ3n) is 4.51. The Kier molecular flexibility index (Phi) is 5.31. The highest BCUT2D eigenvalue weighted by Gasteiger charge is 2.26. The first kappa shape index (κ1) is 16.0. The van der Waals surface area contributed by atoms with Gasteiger partial charge in [-0.05, 0) is 49.6 Å². The van der Waals surface area contributed by atoms with Crippen LogP contribution in [0, 0.1) is 0 Å². The summed E-state index contributed by atoms with van der Waals surface area (Å²) in [5.74, 6) is 0.908. The summed E-state index contributed by atoms with van der Waals surface area (Å²) in [4.78, 5) is 2.41. The molecule has 124 valence electrons. The molecule has 1 aliphatic rings. The lowest BCUT2D eigenvalue weighted by atomic mass is 10.0. The zero-order valence-corrected chi connectivity index (χ0v) is 13.6. The van der Waals surface area contributed by atoms with Crippen molar-refractivity contribution in [2.24, 2.45) is 0 Å². The molecule has 0 aliphatic carbocycles. The number of hydrogen-bond donors (Lipinski definition) is 1. The lowest BCUT2D eigenvalue weighted by Crippen LogP contribution is -2.39. The van der Waals surface area contributed by atoms with Crippen LogP contribution in [-0.4, -0.2) is 52.1 Å². The molecule has 1 N–H and O–H groups in total. The van der Waals surface area contributed by atoms with Crippen molar-refractivity contribution in [3.05, 3.63) is 48.3 Å². The lowest BCUT2D eigenvalue weighted by molar-refractivity contribution is 0.0890. The maximum absolute atomic E-state index is 10.3. The number of hydrogen-bond acceptors (Lipinski definition) is 4. The van der Waals surface area contributed by atoms with Crippen LogP contribution in [0.25, 0.3) is 0 Å². The molecule has 1 aliphatic heterocycles. The van der Waals surface area contributed by atoms with Crippen LogP contribution in [0.1, 0.15) is 18.4 Å². The Morgan fingerprint density at radius 1 is 1.35 bits per heavy atom. The maximum atomic E-state index is 10.3. The van der Waals surface area contributed by atoms with Crippen molar-refractivity contribution in [1.82, 2.24) is 14.7 Å². The normalized spacial score (nSPS) is 19.8. The van der Waals surface area contributed by atoms with Crippen LogP contribution < -0.4 is 4.74 Å². The van der Waals surface area contributed by atoms with E-state index < -0.39 is 0 Å². The predicted octanol–water partition coefficient (Wildman–Crippen LogP) is 1.96. The second-order valence-electron chi connectivity index (χ2n) is 6.23. The van der Waals surface area contributed by atoms with E-state index in [2.05, 4.69) is 22.1 Å². The molecule has 1 saturated heterocycles. The van der Waals surface area contributed by atoms with Gasteiger partial charge in [-0.15, -0.1) is 0 Å². The number of rotatable bonds is 7. The molecule has 0 spiro atoms. The SMILES string of the molecule is COc1cccc(C[C@H]2CCCN2C[C@@H](O)Cn2cccn2)c1. The van der Waals surface area contributed by atoms with E-state index >= 15 is 0 Å². The molecule has 2 heterocycles. The summed E-state index contributed by atoms with van der Waals surface area (Å²) >= 11 is 0. The quantitative estimate of drug-likeness (QED) is 0.848. The summed E-state index contributed by atoms with van der Waals surface area (Å²) in [5.41, 5.74) is 1.29. The van der Waals surface area contributed by atoms with Crippen LogP contribution in [-0.2, 0) is 13.0 Å². The van der Waals surface area contributed by atoms with Crippen molar-refractivity contribution >= 4 is 0 Å². The average molecular weight is 315 g/mol. The summed E-state index contributed by atoms with van der Waals surface area (Å²) in [5, 5.41) is 14.5. The smallest absolute Gasteiger partial charge is 0.119 e. The standard InChI is InChI=1S/C18H25N3O2/c1-23-18-7-2-5-15(12-18)11-16-6-3-9-20(16)13-17(22)14-21-10-4-8-19-21/h2,4-5,7-8,10,12,16-17,22H,3,6,9,11,13-14H2,1H3/t16-,17-/m1/s1. The molecule has 5 nitrogen and oxygen atoms in total. The molecule has 0 radical (unpaired) electrons. The largest absolute Gasteiger partial charge is 0.497 e. The first-order valence-electron chi connectivity index (χ1n) is 8.27. The molecule has 0 bridgehead atoms.